The number of para-hydroxylation sites is 1. The van der Waals surface area contributed by atoms with Gasteiger partial charge < -0.3 is 9.42 Å². The van der Waals surface area contributed by atoms with Crippen LogP contribution in [0.15, 0.2) is 30.3 Å². The maximum absolute atomic E-state index is 10.1. The number of benzene rings is 1. The van der Waals surface area contributed by atoms with Gasteiger partial charge in [0, 0.05) is 0 Å². The normalized spacial score (nSPS) is 11.1. The predicted molar refractivity (Wildman–Crippen MR) is 58.9 cm³/mol. The van der Waals surface area contributed by atoms with Gasteiger partial charge in [-0.2, -0.15) is 0 Å². The first-order valence-electron chi connectivity index (χ1n) is 4.66. The molecule has 0 heterocycles. The summed E-state index contributed by atoms with van der Waals surface area (Å²) in [5, 5.41) is 0. The molecule has 0 bridgehead atoms. The van der Waals surface area contributed by atoms with Crippen LogP contribution < -0.4 is 4.52 Å². The van der Waals surface area contributed by atoms with E-state index in [1.54, 1.807) is 30.3 Å². The van der Waals surface area contributed by atoms with Crippen LogP contribution in [0.5, 0.6) is 5.75 Å². The van der Waals surface area contributed by atoms with Gasteiger partial charge in [-0.25, -0.2) is 4.57 Å². The van der Waals surface area contributed by atoms with Gasteiger partial charge in [-0.05, 0) is 12.1 Å². The average molecular weight is 216 g/mol. The summed E-state index contributed by atoms with van der Waals surface area (Å²) < 4.78 is 14.6. The first-order valence-corrected chi connectivity index (χ1v) is 5.92. The first kappa shape index (κ1) is 13.2. The summed E-state index contributed by atoms with van der Waals surface area (Å²) in [5.41, 5.74) is 0. The lowest BCUT2D eigenvalue weighted by Gasteiger charge is -1.98. The van der Waals surface area contributed by atoms with E-state index < -0.39 is 8.25 Å². The standard InChI is InChI=1S/C6H7O3P.C4H10/c7-10(8)9-6-4-2-1-3-5-6;1-3-4-2/h1-5,10H,(H,7,8);3-4H2,1-2H3. The van der Waals surface area contributed by atoms with Gasteiger partial charge in [0.2, 0.25) is 0 Å². The summed E-state index contributed by atoms with van der Waals surface area (Å²) in [4.78, 5) is 8.33. The molecule has 80 valence electrons. The largest absolute Gasteiger partial charge is 0.426 e. The Morgan fingerprint density at radius 2 is 1.71 bits per heavy atom. The monoisotopic (exact) mass is 216 g/mol. The molecule has 1 N–H and O–H groups in total. The van der Waals surface area contributed by atoms with Crippen LogP contribution in [0.4, 0.5) is 0 Å². The van der Waals surface area contributed by atoms with E-state index in [1.807, 2.05) is 0 Å². The Labute approximate surface area is 85.7 Å². The lowest BCUT2D eigenvalue weighted by Crippen LogP contribution is -1.77. The van der Waals surface area contributed by atoms with Crippen LogP contribution in [0.2, 0.25) is 0 Å². The summed E-state index contributed by atoms with van der Waals surface area (Å²) in [6.45, 7) is 4.36. The highest BCUT2D eigenvalue weighted by atomic mass is 31.1. The minimum absolute atomic E-state index is 0.425. The van der Waals surface area contributed by atoms with E-state index in [0.717, 1.165) is 0 Å². The molecule has 0 spiro atoms. The summed E-state index contributed by atoms with van der Waals surface area (Å²) in [6.07, 6.45) is 2.64. The van der Waals surface area contributed by atoms with Crippen LogP contribution in [-0.4, -0.2) is 4.89 Å². The van der Waals surface area contributed by atoms with Crippen molar-refractivity contribution >= 4 is 8.25 Å². The van der Waals surface area contributed by atoms with Crippen molar-refractivity contribution in [3.8, 4) is 5.75 Å². The number of rotatable bonds is 3. The molecule has 1 aromatic carbocycles. The molecule has 14 heavy (non-hydrogen) atoms. The van der Waals surface area contributed by atoms with Gasteiger partial charge in [-0.15, -0.1) is 0 Å². The quantitative estimate of drug-likeness (QED) is 0.789. The predicted octanol–water partition coefficient (Wildman–Crippen LogP) is 3.25. The van der Waals surface area contributed by atoms with Gasteiger partial charge in [0.1, 0.15) is 5.75 Å². The third kappa shape index (κ3) is 7.84. The SMILES string of the molecule is CCCC.O=[PH](O)Oc1ccccc1. The molecule has 0 aliphatic heterocycles. The summed E-state index contributed by atoms with van der Waals surface area (Å²) in [6, 6.07) is 8.53. The first-order chi connectivity index (χ1) is 6.70. The zero-order valence-electron chi connectivity index (χ0n) is 8.56. The second-order valence-electron chi connectivity index (χ2n) is 2.68. The molecule has 0 amide bonds. The second-order valence-corrected chi connectivity index (χ2v) is 3.42. The van der Waals surface area contributed by atoms with Crippen molar-refractivity contribution in [2.45, 2.75) is 26.7 Å². The molecule has 0 aliphatic rings. The molecule has 0 aromatic heterocycles. The van der Waals surface area contributed by atoms with Gasteiger partial charge in [0.05, 0.1) is 0 Å². The maximum atomic E-state index is 10.1. The third-order valence-corrected chi connectivity index (χ3v) is 1.86. The molecule has 1 rings (SSSR count). The van der Waals surface area contributed by atoms with Crippen LogP contribution in [0, 0.1) is 0 Å². The lowest BCUT2D eigenvalue weighted by molar-refractivity contribution is 0.410. The van der Waals surface area contributed by atoms with Crippen molar-refractivity contribution < 1.29 is 14.0 Å². The van der Waals surface area contributed by atoms with Gasteiger partial charge in [-0.1, -0.05) is 44.9 Å². The van der Waals surface area contributed by atoms with Crippen LogP contribution in [0.3, 0.4) is 0 Å². The van der Waals surface area contributed by atoms with Crippen molar-refractivity contribution in [3.63, 3.8) is 0 Å². The highest BCUT2D eigenvalue weighted by Crippen LogP contribution is 2.21. The van der Waals surface area contributed by atoms with E-state index in [4.69, 9.17) is 4.89 Å². The molecule has 0 radical (unpaired) electrons. The molecule has 0 saturated carbocycles. The van der Waals surface area contributed by atoms with Gasteiger partial charge >= 0.3 is 8.25 Å². The minimum atomic E-state index is -2.84. The zero-order valence-corrected chi connectivity index (χ0v) is 9.56. The molecule has 1 atom stereocenters. The molecular formula is C10H17O3P. The Hall–Kier alpha value is -0.790. The Bertz CT molecular complexity index is 247. The fraction of sp³-hybridized carbons (Fsp3) is 0.400. The van der Waals surface area contributed by atoms with Crippen LogP contribution in [0.1, 0.15) is 26.7 Å². The zero-order chi connectivity index (χ0) is 10.8. The molecule has 4 heteroatoms. The third-order valence-electron chi connectivity index (χ3n) is 1.45. The van der Waals surface area contributed by atoms with Crippen LogP contribution >= 0.6 is 8.25 Å². The molecule has 3 nitrogen and oxygen atoms in total. The van der Waals surface area contributed by atoms with Crippen LogP contribution in [0.25, 0.3) is 0 Å². The van der Waals surface area contributed by atoms with Crippen molar-refractivity contribution in [1.82, 2.24) is 0 Å². The molecule has 0 aliphatic carbocycles. The number of unbranched alkanes of at least 4 members (excludes halogenated alkanes) is 1. The fourth-order valence-electron chi connectivity index (χ4n) is 0.589. The van der Waals surface area contributed by atoms with E-state index in [1.165, 1.54) is 12.8 Å². The number of hydrogen-bond donors (Lipinski definition) is 1. The summed E-state index contributed by atoms with van der Waals surface area (Å²) in [7, 11) is -2.84. The molecule has 0 saturated heterocycles. The Kier molecular flexibility index (Phi) is 8.30. The van der Waals surface area contributed by atoms with E-state index in [2.05, 4.69) is 18.4 Å². The van der Waals surface area contributed by atoms with Crippen molar-refractivity contribution in [2.75, 3.05) is 0 Å². The Morgan fingerprint density at radius 3 is 2.07 bits per heavy atom. The Balaban J connectivity index is 0.000000364. The summed E-state index contributed by atoms with van der Waals surface area (Å²) in [5.74, 6) is 0.425. The van der Waals surface area contributed by atoms with Crippen molar-refractivity contribution in [3.05, 3.63) is 30.3 Å². The van der Waals surface area contributed by atoms with E-state index in [0.29, 0.717) is 5.75 Å². The van der Waals surface area contributed by atoms with E-state index in [9.17, 15) is 4.57 Å². The topological polar surface area (TPSA) is 46.5 Å². The molecule has 1 aromatic rings. The smallest absolute Gasteiger partial charge is 0.365 e. The van der Waals surface area contributed by atoms with Crippen molar-refractivity contribution in [2.24, 2.45) is 0 Å². The molecule has 0 fully saturated rings. The van der Waals surface area contributed by atoms with E-state index in [-0.39, 0.29) is 0 Å². The highest BCUT2D eigenvalue weighted by molar-refractivity contribution is 7.32. The van der Waals surface area contributed by atoms with E-state index >= 15 is 0 Å². The summed E-state index contributed by atoms with van der Waals surface area (Å²) >= 11 is 0. The van der Waals surface area contributed by atoms with Crippen molar-refractivity contribution in [1.29, 1.82) is 0 Å². The minimum Gasteiger partial charge on any atom is -0.426 e. The molecular weight excluding hydrogens is 199 g/mol. The van der Waals surface area contributed by atoms with Gasteiger partial charge in [0.15, 0.2) is 0 Å². The van der Waals surface area contributed by atoms with Gasteiger partial charge in [-0.3, -0.25) is 0 Å². The maximum Gasteiger partial charge on any atom is 0.365 e. The van der Waals surface area contributed by atoms with Crippen LogP contribution in [-0.2, 0) is 4.57 Å². The lowest BCUT2D eigenvalue weighted by atomic mass is 10.3. The second kappa shape index (κ2) is 8.79. The molecule has 1 unspecified atom stereocenters. The fourth-order valence-corrected chi connectivity index (χ4v) is 0.927. The Morgan fingerprint density at radius 1 is 1.21 bits per heavy atom. The highest BCUT2D eigenvalue weighted by Gasteiger charge is 1.92. The number of hydrogen-bond acceptors (Lipinski definition) is 2. The average Bonchev–Trinajstić information content (AvgIpc) is 2.19. The van der Waals surface area contributed by atoms with Gasteiger partial charge in [0.25, 0.3) is 0 Å².